The van der Waals surface area contributed by atoms with Crippen LogP contribution in [0, 0.1) is 0 Å². The van der Waals surface area contributed by atoms with Crippen LogP contribution in [0.4, 0.5) is 0 Å². The van der Waals surface area contributed by atoms with Gasteiger partial charge in [-0.2, -0.15) is 0 Å². The van der Waals surface area contributed by atoms with Crippen molar-refractivity contribution in [2.45, 2.75) is 6.61 Å². The van der Waals surface area contributed by atoms with E-state index in [0.717, 1.165) is 16.7 Å². The average Bonchev–Trinajstić information content (AvgIpc) is 2.46. The molecule has 0 unspecified atom stereocenters. The molecule has 0 atom stereocenters. The molecular weight excluding hydrogens is 230 g/mol. The second kappa shape index (κ2) is 5.51. The Bertz CT molecular complexity index is 518. The van der Waals surface area contributed by atoms with E-state index in [0.29, 0.717) is 11.5 Å². The highest BCUT2D eigenvalue weighted by atomic mass is 16.5. The van der Waals surface area contributed by atoms with E-state index in [9.17, 15) is 5.11 Å². The van der Waals surface area contributed by atoms with E-state index in [2.05, 4.69) is 4.98 Å². The van der Waals surface area contributed by atoms with Crippen molar-refractivity contribution in [3.63, 3.8) is 0 Å². The van der Waals surface area contributed by atoms with Crippen molar-refractivity contribution in [3.05, 3.63) is 42.2 Å². The Morgan fingerprint density at radius 2 is 1.67 bits per heavy atom. The molecule has 1 heterocycles. The number of aromatic nitrogens is 1. The van der Waals surface area contributed by atoms with Gasteiger partial charge in [0.2, 0.25) is 0 Å². The number of aliphatic hydroxyl groups excluding tert-OH is 1. The third kappa shape index (κ3) is 2.60. The van der Waals surface area contributed by atoms with Crippen molar-refractivity contribution in [2.75, 3.05) is 14.2 Å². The summed E-state index contributed by atoms with van der Waals surface area (Å²) in [6.45, 7) is -0.0262. The number of ether oxygens (including phenoxy) is 2. The van der Waals surface area contributed by atoms with Crippen LogP contribution in [0.15, 0.2) is 36.7 Å². The third-order valence-corrected chi connectivity index (χ3v) is 2.67. The van der Waals surface area contributed by atoms with Gasteiger partial charge in [-0.15, -0.1) is 0 Å². The molecule has 4 nitrogen and oxygen atoms in total. The van der Waals surface area contributed by atoms with Gasteiger partial charge in [-0.1, -0.05) is 0 Å². The number of nitrogens with zero attached hydrogens (tertiary/aromatic N) is 1. The molecule has 0 spiro atoms. The zero-order chi connectivity index (χ0) is 13.0. The summed E-state index contributed by atoms with van der Waals surface area (Å²) in [7, 11) is 3.20. The van der Waals surface area contributed by atoms with Gasteiger partial charge in [0.05, 0.1) is 27.0 Å². The molecule has 1 N–H and O–H groups in total. The molecule has 0 aliphatic carbocycles. The SMILES string of the molecule is COc1cncc(-c2cc(CO)cc(OC)c2)c1. The van der Waals surface area contributed by atoms with Gasteiger partial charge >= 0.3 is 0 Å². The molecule has 0 saturated heterocycles. The monoisotopic (exact) mass is 245 g/mol. The van der Waals surface area contributed by atoms with Crippen LogP contribution in [-0.4, -0.2) is 24.3 Å². The largest absolute Gasteiger partial charge is 0.497 e. The van der Waals surface area contributed by atoms with E-state index >= 15 is 0 Å². The Balaban J connectivity index is 2.48. The van der Waals surface area contributed by atoms with Crippen LogP contribution in [-0.2, 0) is 6.61 Å². The summed E-state index contributed by atoms with van der Waals surface area (Å²) < 4.78 is 10.4. The van der Waals surface area contributed by atoms with Gasteiger partial charge in [0, 0.05) is 11.8 Å². The summed E-state index contributed by atoms with van der Waals surface area (Å²) in [5.41, 5.74) is 2.65. The lowest BCUT2D eigenvalue weighted by molar-refractivity contribution is 0.281. The molecule has 0 aliphatic rings. The van der Waals surface area contributed by atoms with Crippen molar-refractivity contribution >= 4 is 0 Å². The fraction of sp³-hybridized carbons (Fsp3) is 0.214. The molecule has 0 fully saturated rings. The van der Waals surface area contributed by atoms with Crippen LogP contribution >= 0.6 is 0 Å². The highest BCUT2D eigenvalue weighted by molar-refractivity contribution is 5.66. The fourth-order valence-electron chi connectivity index (χ4n) is 1.72. The van der Waals surface area contributed by atoms with Gasteiger partial charge in [-0.05, 0) is 35.4 Å². The first-order valence-electron chi connectivity index (χ1n) is 5.55. The zero-order valence-electron chi connectivity index (χ0n) is 10.4. The summed E-state index contributed by atoms with van der Waals surface area (Å²) in [5, 5.41) is 9.23. The Morgan fingerprint density at radius 3 is 2.33 bits per heavy atom. The predicted octanol–water partition coefficient (Wildman–Crippen LogP) is 2.26. The highest BCUT2D eigenvalue weighted by Gasteiger charge is 2.05. The van der Waals surface area contributed by atoms with Gasteiger partial charge in [-0.25, -0.2) is 0 Å². The van der Waals surface area contributed by atoms with Crippen LogP contribution in [0.25, 0.3) is 11.1 Å². The quantitative estimate of drug-likeness (QED) is 0.897. The number of aliphatic hydroxyl groups is 1. The topological polar surface area (TPSA) is 51.6 Å². The fourth-order valence-corrected chi connectivity index (χ4v) is 1.72. The number of pyridine rings is 1. The van der Waals surface area contributed by atoms with Crippen molar-refractivity contribution in [2.24, 2.45) is 0 Å². The van der Waals surface area contributed by atoms with Gasteiger partial charge < -0.3 is 14.6 Å². The maximum Gasteiger partial charge on any atom is 0.137 e. The maximum absolute atomic E-state index is 9.23. The van der Waals surface area contributed by atoms with E-state index in [1.807, 2.05) is 18.2 Å². The molecule has 0 radical (unpaired) electrons. The predicted molar refractivity (Wildman–Crippen MR) is 68.7 cm³/mol. The first-order chi connectivity index (χ1) is 8.76. The second-order valence-electron chi connectivity index (χ2n) is 3.84. The summed E-state index contributed by atoms with van der Waals surface area (Å²) in [5.74, 6) is 1.40. The van der Waals surface area contributed by atoms with Crippen molar-refractivity contribution in [3.8, 4) is 22.6 Å². The minimum absolute atomic E-state index is 0.0262. The lowest BCUT2D eigenvalue weighted by atomic mass is 10.0. The van der Waals surface area contributed by atoms with Crippen LogP contribution in [0.3, 0.4) is 0 Å². The first kappa shape index (κ1) is 12.4. The van der Waals surface area contributed by atoms with Gasteiger partial charge in [-0.3, -0.25) is 4.98 Å². The number of hydrogen-bond donors (Lipinski definition) is 1. The molecule has 1 aromatic heterocycles. The van der Waals surface area contributed by atoms with Crippen LogP contribution < -0.4 is 9.47 Å². The Labute approximate surface area is 106 Å². The number of rotatable bonds is 4. The van der Waals surface area contributed by atoms with E-state index in [4.69, 9.17) is 9.47 Å². The number of hydrogen-bond acceptors (Lipinski definition) is 4. The standard InChI is InChI=1S/C14H15NO3/c1-17-13-4-10(9-16)3-11(5-13)12-6-14(18-2)8-15-7-12/h3-8,16H,9H2,1-2H3. The zero-order valence-corrected chi connectivity index (χ0v) is 10.4. The summed E-state index contributed by atoms with van der Waals surface area (Å²) in [6.07, 6.45) is 3.40. The van der Waals surface area contributed by atoms with Crippen LogP contribution in [0.5, 0.6) is 11.5 Å². The average molecular weight is 245 g/mol. The minimum Gasteiger partial charge on any atom is -0.497 e. The maximum atomic E-state index is 9.23. The molecule has 94 valence electrons. The molecule has 2 rings (SSSR count). The Hall–Kier alpha value is -2.07. The highest BCUT2D eigenvalue weighted by Crippen LogP contribution is 2.27. The van der Waals surface area contributed by atoms with Crippen LogP contribution in [0.2, 0.25) is 0 Å². The molecule has 1 aromatic carbocycles. The van der Waals surface area contributed by atoms with Crippen molar-refractivity contribution < 1.29 is 14.6 Å². The van der Waals surface area contributed by atoms with Gasteiger partial charge in [0.15, 0.2) is 0 Å². The first-order valence-corrected chi connectivity index (χ1v) is 5.55. The van der Waals surface area contributed by atoms with E-state index in [1.54, 1.807) is 32.7 Å². The third-order valence-electron chi connectivity index (χ3n) is 2.67. The Morgan fingerprint density at radius 1 is 0.944 bits per heavy atom. The number of benzene rings is 1. The van der Waals surface area contributed by atoms with Gasteiger partial charge in [0.1, 0.15) is 11.5 Å². The minimum atomic E-state index is -0.0262. The smallest absolute Gasteiger partial charge is 0.137 e. The molecule has 4 heteroatoms. The summed E-state index contributed by atoms with van der Waals surface area (Å²) in [4.78, 5) is 4.11. The second-order valence-corrected chi connectivity index (χ2v) is 3.84. The molecule has 2 aromatic rings. The Kier molecular flexibility index (Phi) is 3.79. The molecule has 0 saturated carbocycles. The van der Waals surface area contributed by atoms with E-state index < -0.39 is 0 Å². The number of methoxy groups -OCH3 is 2. The van der Waals surface area contributed by atoms with Crippen molar-refractivity contribution in [1.82, 2.24) is 4.98 Å². The van der Waals surface area contributed by atoms with Crippen LogP contribution in [0.1, 0.15) is 5.56 Å². The molecule has 0 aliphatic heterocycles. The lowest BCUT2D eigenvalue weighted by Crippen LogP contribution is -1.91. The van der Waals surface area contributed by atoms with Crippen molar-refractivity contribution in [1.29, 1.82) is 0 Å². The van der Waals surface area contributed by atoms with E-state index in [1.165, 1.54) is 0 Å². The summed E-state index contributed by atoms with van der Waals surface area (Å²) in [6, 6.07) is 7.49. The molecule has 18 heavy (non-hydrogen) atoms. The lowest BCUT2D eigenvalue weighted by Gasteiger charge is -2.08. The molecule has 0 bridgehead atoms. The normalized spacial score (nSPS) is 10.2. The molecular formula is C14H15NO3. The summed E-state index contributed by atoms with van der Waals surface area (Å²) >= 11 is 0. The van der Waals surface area contributed by atoms with Gasteiger partial charge in [0.25, 0.3) is 0 Å². The van der Waals surface area contributed by atoms with E-state index in [-0.39, 0.29) is 6.61 Å². The molecule has 0 amide bonds.